The molecule has 7 nitrogen and oxygen atoms in total. The van der Waals surface area contributed by atoms with Crippen LogP contribution in [-0.2, 0) is 9.59 Å². The standard InChI is InChI=1S/C12H21N3O4/c1-7(9(16)15-8-4-5-8)14-11(19)13-6-12(2,3)10(17)18/h7-8H,4-6H2,1-3H3,(H,15,16)(H,17,18)(H2,13,14,19). The summed E-state index contributed by atoms with van der Waals surface area (Å²) in [7, 11) is 0. The molecule has 1 atom stereocenters. The Hall–Kier alpha value is -1.79. The Labute approximate surface area is 112 Å². The lowest BCUT2D eigenvalue weighted by Crippen LogP contribution is -2.50. The molecule has 1 aliphatic carbocycles. The predicted octanol–water partition coefficient (Wildman–Crippen LogP) is 0.0635. The number of rotatable bonds is 6. The van der Waals surface area contributed by atoms with Crippen molar-refractivity contribution in [1.82, 2.24) is 16.0 Å². The van der Waals surface area contributed by atoms with Crippen molar-refractivity contribution in [2.24, 2.45) is 5.41 Å². The lowest BCUT2D eigenvalue weighted by Gasteiger charge is -2.20. The van der Waals surface area contributed by atoms with Crippen LogP contribution in [-0.4, -0.2) is 41.6 Å². The Morgan fingerprint density at radius 2 is 1.89 bits per heavy atom. The van der Waals surface area contributed by atoms with E-state index in [1.807, 2.05) is 0 Å². The van der Waals surface area contributed by atoms with Gasteiger partial charge in [0.05, 0.1) is 5.41 Å². The minimum absolute atomic E-state index is 0.00880. The number of aliphatic carboxylic acids is 1. The van der Waals surface area contributed by atoms with E-state index in [9.17, 15) is 14.4 Å². The summed E-state index contributed by atoms with van der Waals surface area (Å²) >= 11 is 0. The maximum atomic E-state index is 11.6. The molecule has 0 heterocycles. The van der Waals surface area contributed by atoms with Gasteiger partial charge in [-0.3, -0.25) is 9.59 Å². The van der Waals surface area contributed by atoms with Crippen LogP contribution in [0.5, 0.6) is 0 Å². The quantitative estimate of drug-likeness (QED) is 0.548. The Kier molecular flexibility index (Phi) is 4.74. The maximum Gasteiger partial charge on any atom is 0.315 e. The lowest BCUT2D eigenvalue weighted by molar-refractivity contribution is -0.146. The highest BCUT2D eigenvalue weighted by atomic mass is 16.4. The number of urea groups is 1. The molecule has 0 aromatic heterocycles. The summed E-state index contributed by atoms with van der Waals surface area (Å²) in [5, 5.41) is 16.6. The van der Waals surface area contributed by atoms with E-state index in [2.05, 4.69) is 16.0 Å². The van der Waals surface area contributed by atoms with Gasteiger partial charge in [-0.1, -0.05) is 0 Å². The van der Waals surface area contributed by atoms with Crippen LogP contribution in [0.3, 0.4) is 0 Å². The zero-order valence-corrected chi connectivity index (χ0v) is 11.4. The van der Waals surface area contributed by atoms with E-state index in [1.54, 1.807) is 6.92 Å². The van der Waals surface area contributed by atoms with E-state index in [0.717, 1.165) is 12.8 Å². The highest BCUT2D eigenvalue weighted by Gasteiger charge is 2.29. The van der Waals surface area contributed by atoms with Crippen LogP contribution in [0.2, 0.25) is 0 Å². The van der Waals surface area contributed by atoms with Gasteiger partial charge in [0.2, 0.25) is 5.91 Å². The number of nitrogens with one attached hydrogen (secondary N) is 3. The van der Waals surface area contributed by atoms with Crippen molar-refractivity contribution in [3.05, 3.63) is 0 Å². The van der Waals surface area contributed by atoms with Crippen molar-refractivity contribution in [2.45, 2.75) is 45.7 Å². The Morgan fingerprint density at radius 3 is 2.37 bits per heavy atom. The van der Waals surface area contributed by atoms with E-state index < -0.39 is 23.5 Å². The van der Waals surface area contributed by atoms with Crippen LogP contribution in [0.25, 0.3) is 0 Å². The number of amides is 3. The third-order valence-electron chi connectivity index (χ3n) is 2.93. The molecule has 0 bridgehead atoms. The van der Waals surface area contributed by atoms with Gasteiger partial charge >= 0.3 is 12.0 Å². The molecular formula is C12H21N3O4. The fourth-order valence-corrected chi connectivity index (χ4v) is 1.24. The third kappa shape index (κ3) is 5.15. The Balaban J connectivity index is 2.29. The molecule has 1 fully saturated rings. The van der Waals surface area contributed by atoms with E-state index in [0.29, 0.717) is 0 Å². The van der Waals surface area contributed by atoms with Gasteiger partial charge in [0.1, 0.15) is 6.04 Å². The molecule has 0 aliphatic heterocycles. The van der Waals surface area contributed by atoms with Crippen molar-refractivity contribution in [3.63, 3.8) is 0 Å². The summed E-state index contributed by atoms with van der Waals surface area (Å²) in [4.78, 5) is 34.0. The zero-order chi connectivity index (χ0) is 14.6. The number of hydrogen-bond acceptors (Lipinski definition) is 3. The van der Waals surface area contributed by atoms with E-state index in [-0.39, 0.29) is 18.5 Å². The van der Waals surface area contributed by atoms with Gasteiger partial charge in [0, 0.05) is 12.6 Å². The molecule has 0 aromatic carbocycles. The molecule has 4 N–H and O–H groups in total. The van der Waals surface area contributed by atoms with Gasteiger partial charge < -0.3 is 21.1 Å². The van der Waals surface area contributed by atoms with Crippen LogP contribution in [0.1, 0.15) is 33.6 Å². The normalized spacial score (nSPS) is 16.4. The molecule has 1 rings (SSSR count). The second-order valence-corrected chi connectivity index (χ2v) is 5.52. The van der Waals surface area contributed by atoms with E-state index >= 15 is 0 Å². The molecule has 0 spiro atoms. The molecule has 0 saturated heterocycles. The van der Waals surface area contributed by atoms with Gasteiger partial charge in [0.15, 0.2) is 0 Å². The molecular weight excluding hydrogens is 250 g/mol. The van der Waals surface area contributed by atoms with Gasteiger partial charge in [-0.2, -0.15) is 0 Å². The highest BCUT2D eigenvalue weighted by molar-refractivity contribution is 5.87. The number of carbonyl (C=O) groups excluding carboxylic acids is 2. The molecule has 1 unspecified atom stereocenters. The maximum absolute atomic E-state index is 11.6. The monoisotopic (exact) mass is 271 g/mol. The van der Waals surface area contributed by atoms with Crippen LogP contribution in [0, 0.1) is 5.41 Å². The number of carboxylic acids is 1. The summed E-state index contributed by atoms with van der Waals surface area (Å²) in [5.41, 5.74) is -1.04. The smallest absolute Gasteiger partial charge is 0.315 e. The highest BCUT2D eigenvalue weighted by Crippen LogP contribution is 2.18. The van der Waals surface area contributed by atoms with E-state index in [1.165, 1.54) is 13.8 Å². The van der Waals surface area contributed by atoms with Crippen molar-refractivity contribution in [1.29, 1.82) is 0 Å². The second-order valence-electron chi connectivity index (χ2n) is 5.52. The van der Waals surface area contributed by atoms with Crippen LogP contribution < -0.4 is 16.0 Å². The number of hydrogen-bond donors (Lipinski definition) is 4. The van der Waals surface area contributed by atoms with Crippen molar-refractivity contribution in [3.8, 4) is 0 Å². The third-order valence-corrected chi connectivity index (χ3v) is 2.93. The van der Waals surface area contributed by atoms with Crippen molar-refractivity contribution >= 4 is 17.9 Å². The van der Waals surface area contributed by atoms with Crippen LogP contribution in [0.15, 0.2) is 0 Å². The Bertz CT molecular complexity index is 377. The van der Waals surface area contributed by atoms with Gasteiger partial charge in [-0.05, 0) is 33.6 Å². The van der Waals surface area contributed by atoms with Gasteiger partial charge in [-0.25, -0.2) is 4.79 Å². The van der Waals surface area contributed by atoms with Crippen molar-refractivity contribution < 1.29 is 19.5 Å². The summed E-state index contributed by atoms with van der Waals surface area (Å²) in [6, 6.07) is -0.952. The molecule has 7 heteroatoms. The fourth-order valence-electron chi connectivity index (χ4n) is 1.24. The molecule has 19 heavy (non-hydrogen) atoms. The molecule has 0 radical (unpaired) electrons. The predicted molar refractivity (Wildman–Crippen MR) is 68.6 cm³/mol. The average molecular weight is 271 g/mol. The number of carboxylic acid groups (broad SMARTS) is 1. The average Bonchev–Trinajstić information content (AvgIpc) is 3.10. The molecule has 3 amide bonds. The fraction of sp³-hybridized carbons (Fsp3) is 0.750. The minimum Gasteiger partial charge on any atom is -0.481 e. The summed E-state index contributed by atoms with van der Waals surface area (Å²) in [5.74, 6) is -1.22. The van der Waals surface area contributed by atoms with E-state index in [4.69, 9.17) is 5.11 Å². The molecule has 1 aliphatic rings. The summed E-state index contributed by atoms with van der Waals surface area (Å²) in [6.45, 7) is 4.60. The largest absolute Gasteiger partial charge is 0.481 e. The molecule has 108 valence electrons. The minimum atomic E-state index is -1.04. The number of carbonyl (C=O) groups is 3. The molecule has 1 saturated carbocycles. The van der Waals surface area contributed by atoms with Crippen LogP contribution >= 0.6 is 0 Å². The first-order valence-corrected chi connectivity index (χ1v) is 6.30. The summed E-state index contributed by atoms with van der Waals surface area (Å²) < 4.78 is 0. The van der Waals surface area contributed by atoms with Gasteiger partial charge in [-0.15, -0.1) is 0 Å². The first-order chi connectivity index (χ1) is 8.72. The van der Waals surface area contributed by atoms with Gasteiger partial charge in [0.25, 0.3) is 0 Å². The first-order valence-electron chi connectivity index (χ1n) is 6.30. The lowest BCUT2D eigenvalue weighted by atomic mass is 9.94. The SMILES string of the molecule is CC(NC(=O)NCC(C)(C)C(=O)O)C(=O)NC1CC1. The first kappa shape index (κ1) is 15.3. The Morgan fingerprint density at radius 1 is 1.32 bits per heavy atom. The topological polar surface area (TPSA) is 108 Å². The van der Waals surface area contributed by atoms with Crippen LogP contribution in [0.4, 0.5) is 4.79 Å². The zero-order valence-electron chi connectivity index (χ0n) is 11.4. The van der Waals surface area contributed by atoms with Crippen molar-refractivity contribution in [2.75, 3.05) is 6.54 Å². The molecule has 0 aromatic rings. The summed E-state index contributed by atoms with van der Waals surface area (Å²) in [6.07, 6.45) is 1.97. The second kappa shape index (κ2) is 5.90.